The Labute approximate surface area is 149 Å². The number of rotatable bonds is 4. The van der Waals surface area contributed by atoms with Gasteiger partial charge < -0.3 is 4.74 Å². The Bertz CT molecular complexity index is 853. The van der Waals surface area contributed by atoms with Gasteiger partial charge in [0.1, 0.15) is 11.9 Å². The monoisotopic (exact) mass is 332 g/mol. The third-order valence-corrected chi connectivity index (χ3v) is 4.94. The lowest BCUT2D eigenvalue weighted by Gasteiger charge is -2.32. The van der Waals surface area contributed by atoms with Crippen LogP contribution in [-0.2, 0) is 6.54 Å². The predicted molar refractivity (Wildman–Crippen MR) is 102 cm³/mol. The molecule has 3 aromatic rings. The summed E-state index contributed by atoms with van der Waals surface area (Å²) in [5.41, 5.74) is 2.74. The van der Waals surface area contributed by atoms with E-state index in [4.69, 9.17) is 4.74 Å². The molecule has 128 valence electrons. The maximum Gasteiger partial charge on any atom is 0.120 e. The van der Waals surface area contributed by atoms with Crippen LogP contribution in [0.15, 0.2) is 60.9 Å². The van der Waals surface area contributed by atoms with Crippen LogP contribution in [0.2, 0.25) is 0 Å². The molecule has 3 nitrogen and oxygen atoms in total. The van der Waals surface area contributed by atoms with Crippen LogP contribution in [0.3, 0.4) is 0 Å². The van der Waals surface area contributed by atoms with E-state index in [0.29, 0.717) is 6.10 Å². The summed E-state index contributed by atoms with van der Waals surface area (Å²) in [7, 11) is 0. The highest BCUT2D eigenvalue weighted by Gasteiger charge is 2.20. The molecule has 2 heterocycles. The third kappa shape index (κ3) is 3.99. The molecule has 25 heavy (non-hydrogen) atoms. The van der Waals surface area contributed by atoms with Crippen LogP contribution in [0.1, 0.15) is 24.0 Å². The SMILES string of the molecule is Cc1cccc(CN2CCC(Oc3ccc4cnccc4c3)CC2)c1. The van der Waals surface area contributed by atoms with Gasteiger partial charge in [-0.15, -0.1) is 0 Å². The molecule has 0 aliphatic carbocycles. The Kier molecular flexibility index (Phi) is 4.66. The molecule has 2 aromatic carbocycles. The van der Waals surface area contributed by atoms with Crippen LogP contribution < -0.4 is 4.74 Å². The first-order chi connectivity index (χ1) is 12.3. The van der Waals surface area contributed by atoms with Crippen molar-refractivity contribution in [2.75, 3.05) is 13.1 Å². The second-order valence-corrected chi connectivity index (χ2v) is 6.97. The lowest BCUT2D eigenvalue weighted by atomic mass is 10.1. The first-order valence-electron chi connectivity index (χ1n) is 9.05. The number of pyridine rings is 1. The smallest absolute Gasteiger partial charge is 0.120 e. The second kappa shape index (κ2) is 7.24. The van der Waals surface area contributed by atoms with E-state index < -0.39 is 0 Å². The maximum atomic E-state index is 6.23. The number of piperidine rings is 1. The molecule has 0 atom stereocenters. The molecule has 1 saturated heterocycles. The molecule has 0 radical (unpaired) electrons. The maximum absolute atomic E-state index is 6.23. The zero-order chi connectivity index (χ0) is 17.1. The average Bonchev–Trinajstić information content (AvgIpc) is 2.63. The van der Waals surface area contributed by atoms with Crippen molar-refractivity contribution >= 4 is 10.8 Å². The van der Waals surface area contributed by atoms with E-state index in [9.17, 15) is 0 Å². The van der Waals surface area contributed by atoms with Gasteiger partial charge in [0.2, 0.25) is 0 Å². The quantitative estimate of drug-likeness (QED) is 0.699. The Balaban J connectivity index is 1.33. The fraction of sp³-hybridized carbons (Fsp3) is 0.318. The topological polar surface area (TPSA) is 25.4 Å². The van der Waals surface area contributed by atoms with Gasteiger partial charge in [-0.25, -0.2) is 0 Å². The fourth-order valence-corrected chi connectivity index (χ4v) is 3.58. The van der Waals surface area contributed by atoms with Crippen LogP contribution >= 0.6 is 0 Å². The van der Waals surface area contributed by atoms with E-state index in [-0.39, 0.29) is 0 Å². The van der Waals surface area contributed by atoms with Gasteiger partial charge in [0.05, 0.1) is 0 Å². The van der Waals surface area contributed by atoms with Gasteiger partial charge >= 0.3 is 0 Å². The Morgan fingerprint density at radius 3 is 2.76 bits per heavy atom. The van der Waals surface area contributed by atoms with E-state index in [0.717, 1.165) is 43.6 Å². The number of benzene rings is 2. The third-order valence-electron chi connectivity index (χ3n) is 4.94. The molecule has 1 aromatic heterocycles. The van der Waals surface area contributed by atoms with Crippen LogP contribution in [0, 0.1) is 6.92 Å². The second-order valence-electron chi connectivity index (χ2n) is 6.97. The molecule has 0 amide bonds. The standard InChI is InChI=1S/C22H24N2O/c1-17-3-2-4-18(13-17)16-24-11-8-21(9-12-24)25-22-6-5-20-15-23-10-7-19(20)14-22/h2-7,10,13-15,21H,8-9,11-12,16H2,1H3. The van der Waals surface area contributed by atoms with E-state index >= 15 is 0 Å². The Hall–Kier alpha value is -2.39. The molecule has 1 fully saturated rings. The van der Waals surface area contributed by atoms with Crippen LogP contribution in [0.5, 0.6) is 5.75 Å². The number of ether oxygens (including phenoxy) is 1. The van der Waals surface area contributed by atoms with Crippen molar-refractivity contribution in [1.29, 1.82) is 0 Å². The largest absolute Gasteiger partial charge is 0.490 e. The van der Waals surface area contributed by atoms with Gasteiger partial charge in [-0.05, 0) is 55.0 Å². The minimum absolute atomic E-state index is 0.313. The highest BCUT2D eigenvalue weighted by Crippen LogP contribution is 2.24. The lowest BCUT2D eigenvalue weighted by molar-refractivity contribution is 0.0969. The van der Waals surface area contributed by atoms with E-state index in [1.54, 1.807) is 0 Å². The molecule has 1 aliphatic heterocycles. The fourth-order valence-electron chi connectivity index (χ4n) is 3.58. The van der Waals surface area contributed by atoms with Gasteiger partial charge in [0.25, 0.3) is 0 Å². The van der Waals surface area contributed by atoms with E-state index in [1.165, 1.54) is 16.5 Å². The summed E-state index contributed by atoms with van der Waals surface area (Å²) in [6, 6.07) is 17.1. The highest BCUT2D eigenvalue weighted by molar-refractivity contribution is 5.82. The van der Waals surface area contributed by atoms with Crippen molar-refractivity contribution in [2.24, 2.45) is 0 Å². The molecule has 0 unspecified atom stereocenters. The van der Waals surface area contributed by atoms with Gasteiger partial charge in [-0.3, -0.25) is 9.88 Å². The summed E-state index contributed by atoms with van der Waals surface area (Å²) < 4.78 is 6.23. The summed E-state index contributed by atoms with van der Waals surface area (Å²) >= 11 is 0. The summed E-state index contributed by atoms with van der Waals surface area (Å²) in [5, 5.41) is 2.34. The number of aryl methyl sites for hydroxylation is 1. The van der Waals surface area contributed by atoms with Gasteiger partial charge in [0, 0.05) is 37.4 Å². The highest BCUT2D eigenvalue weighted by atomic mass is 16.5. The lowest BCUT2D eigenvalue weighted by Crippen LogP contribution is -2.37. The summed E-state index contributed by atoms with van der Waals surface area (Å²) in [6.45, 7) is 5.38. The minimum atomic E-state index is 0.313. The molecule has 0 saturated carbocycles. The number of nitrogens with zero attached hydrogens (tertiary/aromatic N) is 2. The van der Waals surface area contributed by atoms with E-state index in [2.05, 4.69) is 59.3 Å². The van der Waals surface area contributed by atoms with Gasteiger partial charge in [-0.2, -0.15) is 0 Å². The van der Waals surface area contributed by atoms with Crippen molar-refractivity contribution in [2.45, 2.75) is 32.4 Å². The van der Waals surface area contributed by atoms with Crippen LogP contribution in [-0.4, -0.2) is 29.1 Å². The number of aromatic nitrogens is 1. The van der Waals surface area contributed by atoms with Gasteiger partial charge in [0.15, 0.2) is 0 Å². The van der Waals surface area contributed by atoms with Crippen molar-refractivity contribution in [3.8, 4) is 5.75 Å². The predicted octanol–water partition coefficient (Wildman–Crippen LogP) is 4.59. The van der Waals surface area contributed by atoms with Crippen molar-refractivity contribution in [1.82, 2.24) is 9.88 Å². The zero-order valence-corrected chi connectivity index (χ0v) is 14.7. The van der Waals surface area contributed by atoms with Crippen LogP contribution in [0.25, 0.3) is 10.8 Å². The van der Waals surface area contributed by atoms with Crippen molar-refractivity contribution in [3.63, 3.8) is 0 Å². The molecular weight excluding hydrogens is 308 g/mol. The average molecular weight is 332 g/mol. The van der Waals surface area contributed by atoms with E-state index in [1.807, 2.05) is 18.5 Å². The number of fused-ring (bicyclic) bond motifs is 1. The number of hydrogen-bond donors (Lipinski definition) is 0. The van der Waals surface area contributed by atoms with Gasteiger partial charge in [-0.1, -0.05) is 29.8 Å². The molecule has 1 aliphatic rings. The summed E-state index contributed by atoms with van der Waals surface area (Å²) in [6.07, 6.45) is 6.20. The Morgan fingerprint density at radius 1 is 1.04 bits per heavy atom. The zero-order valence-electron chi connectivity index (χ0n) is 14.7. The number of likely N-dealkylation sites (tertiary alicyclic amines) is 1. The summed E-state index contributed by atoms with van der Waals surface area (Å²) in [5.74, 6) is 0.968. The summed E-state index contributed by atoms with van der Waals surface area (Å²) in [4.78, 5) is 6.69. The molecule has 0 spiro atoms. The molecule has 4 rings (SSSR count). The minimum Gasteiger partial charge on any atom is -0.490 e. The normalized spacial score (nSPS) is 16.2. The number of hydrogen-bond acceptors (Lipinski definition) is 3. The first-order valence-corrected chi connectivity index (χ1v) is 9.05. The molecule has 0 N–H and O–H groups in total. The first kappa shape index (κ1) is 16.1. The van der Waals surface area contributed by atoms with Crippen molar-refractivity contribution in [3.05, 3.63) is 72.1 Å². The van der Waals surface area contributed by atoms with Crippen molar-refractivity contribution < 1.29 is 4.74 Å². The molecule has 0 bridgehead atoms. The van der Waals surface area contributed by atoms with Crippen LogP contribution in [0.4, 0.5) is 0 Å². The Morgan fingerprint density at radius 2 is 1.92 bits per heavy atom. The molecule has 3 heteroatoms. The molecular formula is C22H24N2O.